The van der Waals surface area contributed by atoms with Crippen LogP contribution < -0.4 is 14.8 Å². The van der Waals surface area contributed by atoms with Crippen molar-refractivity contribution in [3.8, 4) is 11.5 Å². The second-order valence-electron chi connectivity index (χ2n) is 7.05. The van der Waals surface area contributed by atoms with Crippen molar-refractivity contribution in [2.45, 2.75) is 19.8 Å². The van der Waals surface area contributed by atoms with Crippen molar-refractivity contribution in [3.05, 3.63) is 36.2 Å². The molecule has 7 nitrogen and oxygen atoms in total. The molecule has 1 amide bonds. The summed E-state index contributed by atoms with van der Waals surface area (Å²) in [5.41, 5.74) is 1.73. The Hall–Kier alpha value is -2.06. The van der Waals surface area contributed by atoms with E-state index in [0.29, 0.717) is 19.1 Å². The number of amides is 1. The summed E-state index contributed by atoms with van der Waals surface area (Å²) in [6, 6.07) is 7.65. The highest BCUT2D eigenvalue weighted by Crippen LogP contribution is 2.22. The predicted octanol–water partition coefficient (Wildman–Crippen LogP) is 3.04. The molecule has 1 N–H and O–H groups in total. The molecule has 1 aromatic heterocycles. The van der Waals surface area contributed by atoms with Gasteiger partial charge in [0.1, 0.15) is 11.5 Å². The van der Waals surface area contributed by atoms with Gasteiger partial charge in [0.05, 0.1) is 37.8 Å². The maximum atomic E-state index is 12.4. The minimum atomic E-state index is 0. The number of likely N-dealkylation sites (tertiary alicyclic amines) is 1. The molecule has 0 saturated carbocycles. The number of aryl methyl sites for hydroxylation is 1. The topological polar surface area (TPSA) is 68.6 Å². The highest BCUT2D eigenvalue weighted by molar-refractivity contribution is 8.93. The second-order valence-corrected chi connectivity index (χ2v) is 7.05. The lowest BCUT2D eigenvalue weighted by atomic mass is 9.99. The number of ether oxygens (including phenoxy) is 2. The summed E-state index contributed by atoms with van der Waals surface area (Å²) in [6.45, 7) is 4.78. The van der Waals surface area contributed by atoms with E-state index in [1.807, 2.05) is 38.2 Å². The molecule has 2 aromatic rings. The minimum absolute atomic E-state index is 0. The lowest BCUT2D eigenvalue weighted by Gasteiger charge is -2.32. The lowest BCUT2D eigenvalue weighted by Crippen LogP contribution is -2.42. The van der Waals surface area contributed by atoms with Gasteiger partial charge in [-0.25, -0.2) is 0 Å². The number of aromatic nitrogens is 2. The standard InChI is InChI=1S/C20H28N4O3.BrH/c1-15-19(11-21-23(15)2)22-20(25)13-24-9-5-6-16(12-24)14-27-18-8-4-7-17(10-18)26-3;/h4,7-8,10-11,16H,5-6,9,12-14H2,1-3H3,(H,22,25);1H. The van der Waals surface area contributed by atoms with E-state index in [2.05, 4.69) is 15.3 Å². The zero-order valence-electron chi connectivity index (χ0n) is 16.7. The number of piperidine rings is 1. The fourth-order valence-electron chi connectivity index (χ4n) is 3.35. The molecule has 1 unspecified atom stereocenters. The van der Waals surface area contributed by atoms with Gasteiger partial charge in [0.2, 0.25) is 5.91 Å². The molecule has 8 heteroatoms. The Labute approximate surface area is 176 Å². The Bertz CT molecular complexity index is 781. The fraction of sp³-hybridized carbons (Fsp3) is 0.500. The maximum absolute atomic E-state index is 12.4. The van der Waals surface area contributed by atoms with Crippen LogP contribution in [0, 0.1) is 12.8 Å². The second kappa shape index (κ2) is 10.5. The van der Waals surface area contributed by atoms with Crippen LogP contribution in [0.15, 0.2) is 30.5 Å². The molecular formula is C20H29BrN4O3. The van der Waals surface area contributed by atoms with Gasteiger partial charge in [-0.15, -0.1) is 17.0 Å². The van der Waals surface area contributed by atoms with Crippen LogP contribution in [-0.2, 0) is 11.8 Å². The fourth-order valence-corrected chi connectivity index (χ4v) is 3.35. The van der Waals surface area contributed by atoms with E-state index in [1.165, 1.54) is 0 Å². The molecule has 0 spiro atoms. The van der Waals surface area contributed by atoms with Crippen LogP contribution in [0.25, 0.3) is 0 Å². The Morgan fingerprint density at radius 2 is 2.14 bits per heavy atom. The number of nitrogens with zero attached hydrogens (tertiary/aromatic N) is 3. The van der Waals surface area contributed by atoms with Crippen molar-refractivity contribution in [2.24, 2.45) is 13.0 Å². The first-order valence-corrected chi connectivity index (χ1v) is 9.33. The molecule has 0 bridgehead atoms. The molecule has 1 saturated heterocycles. The summed E-state index contributed by atoms with van der Waals surface area (Å²) in [7, 11) is 3.51. The van der Waals surface area contributed by atoms with E-state index in [0.717, 1.165) is 48.8 Å². The number of halogens is 1. The molecule has 1 fully saturated rings. The summed E-state index contributed by atoms with van der Waals surface area (Å²) in [6.07, 6.45) is 3.88. The molecular weight excluding hydrogens is 424 g/mol. The van der Waals surface area contributed by atoms with Gasteiger partial charge in [-0.3, -0.25) is 14.4 Å². The molecule has 1 aliphatic rings. The van der Waals surface area contributed by atoms with Crippen LogP contribution in [0.2, 0.25) is 0 Å². The van der Waals surface area contributed by atoms with E-state index in [9.17, 15) is 4.79 Å². The maximum Gasteiger partial charge on any atom is 0.238 e. The van der Waals surface area contributed by atoms with Gasteiger partial charge in [-0.05, 0) is 38.4 Å². The summed E-state index contributed by atoms with van der Waals surface area (Å²) in [4.78, 5) is 14.6. The van der Waals surface area contributed by atoms with Gasteiger partial charge < -0.3 is 14.8 Å². The summed E-state index contributed by atoms with van der Waals surface area (Å²) >= 11 is 0. The molecule has 28 heavy (non-hydrogen) atoms. The number of rotatable bonds is 7. The number of benzene rings is 1. The normalized spacial score (nSPS) is 16.9. The number of carbonyl (C=O) groups is 1. The first-order valence-electron chi connectivity index (χ1n) is 9.33. The zero-order chi connectivity index (χ0) is 19.2. The molecule has 1 aliphatic heterocycles. The Balaban J connectivity index is 0.00000280. The van der Waals surface area contributed by atoms with Crippen LogP contribution in [0.3, 0.4) is 0 Å². The smallest absolute Gasteiger partial charge is 0.238 e. The molecule has 0 radical (unpaired) electrons. The van der Waals surface area contributed by atoms with Crippen molar-refractivity contribution in [1.29, 1.82) is 0 Å². The predicted molar refractivity (Wildman–Crippen MR) is 115 cm³/mol. The number of methoxy groups -OCH3 is 1. The number of hydrogen-bond acceptors (Lipinski definition) is 5. The first-order chi connectivity index (χ1) is 13.0. The van der Waals surface area contributed by atoms with Gasteiger partial charge in [0.15, 0.2) is 0 Å². The average Bonchev–Trinajstić information content (AvgIpc) is 2.99. The van der Waals surface area contributed by atoms with Gasteiger partial charge in [-0.2, -0.15) is 5.10 Å². The molecule has 1 aromatic carbocycles. The van der Waals surface area contributed by atoms with E-state index in [-0.39, 0.29) is 22.9 Å². The highest BCUT2D eigenvalue weighted by atomic mass is 79.9. The van der Waals surface area contributed by atoms with Gasteiger partial charge >= 0.3 is 0 Å². The molecule has 0 aliphatic carbocycles. The third kappa shape index (κ3) is 5.97. The summed E-state index contributed by atoms with van der Waals surface area (Å²) < 4.78 is 12.9. The van der Waals surface area contributed by atoms with Gasteiger partial charge in [-0.1, -0.05) is 6.07 Å². The number of carbonyl (C=O) groups excluding carboxylic acids is 1. The largest absolute Gasteiger partial charge is 0.497 e. The van der Waals surface area contributed by atoms with Crippen molar-refractivity contribution in [2.75, 3.05) is 38.7 Å². The van der Waals surface area contributed by atoms with Crippen LogP contribution in [0.1, 0.15) is 18.5 Å². The van der Waals surface area contributed by atoms with Crippen molar-refractivity contribution in [3.63, 3.8) is 0 Å². The van der Waals surface area contributed by atoms with Gasteiger partial charge in [0, 0.05) is 25.6 Å². The highest BCUT2D eigenvalue weighted by Gasteiger charge is 2.22. The Kier molecular flexibility index (Phi) is 8.32. The van der Waals surface area contributed by atoms with Crippen LogP contribution >= 0.6 is 17.0 Å². The van der Waals surface area contributed by atoms with E-state index >= 15 is 0 Å². The van der Waals surface area contributed by atoms with Crippen molar-refractivity contribution in [1.82, 2.24) is 14.7 Å². The van der Waals surface area contributed by atoms with E-state index in [1.54, 1.807) is 18.0 Å². The van der Waals surface area contributed by atoms with Crippen LogP contribution in [-0.4, -0.2) is 53.9 Å². The summed E-state index contributed by atoms with van der Waals surface area (Å²) in [5, 5.41) is 7.11. The van der Waals surface area contributed by atoms with Crippen LogP contribution in [0.4, 0.5) is 5.69 Å². The molecule has 3 rings (SSSR count). The molecule has 2 heterocycles. The quantitative estimate of drug-likeness (QED) is 0.698. The number of nitrogens with one attached hydrogen (secondary N) is 1. The minimum Gasteiger partial charge on any atom is -0.497 e. The van der Waals surface area contributed by atoms with Crippen molar-refractivity contribution >= 4 is 28.6 Å². The van der Waals surface area contributed by atoms with Crippen molar-refractivity contribution < 1.29 is 14.3 Å². The Morgan fingerprint density at radius 3 is 2.86 bits per heavy atom. The number of anilines is 1. The zero-order valence-corrected chi connectivity index (χ0v) is 18.4. The number of hydrogen-bond donors (Lipinski definition) is 1. The summed E-state index contributed by atoms with van der Waals surface area (Å²) in [5.74, 6) is 2.02. The van der Waals surface area contributed by atoms with E-state index in [4.69, 9.17) is 9.47 Å². The van der Waals surface area contributed by atoms with Gasteiger partial charge in [0.25, 0.3) is 0 Å². The van der Waals surface area contributed by atoms with E-state index < -0.39 is 0 Å². The SMILES string of the molecule is Br.COc1cccc(OCC2CCCN(CC(=O)Nc3cnn(C)c3C)C2)c1. The third-order valence-electron chi connectivity index (χ3n) is 5.01. The molecule has 154 valence electrons. The Morgan fingerprint density at radius 1 is 1.36 bits per heavy atom. The first kappa shape index (κ1) is 22.2. The average molecular weight is 453 g/mol. The van der Waals surface area contributed by atoms with Crippen LogP contribution in [0.5, 0.6) is 11.5 Å². The molecule has 1 atom stereocenters. The monoisotopic (exact) mass is 452 g/mol. The lowest BCUT2D eigenvalue weighted by molar-refractivity contribution is -0.117. The third-order valence-corrected chi connectivity index (χ3v) is 5.01.